The second-order valence-corrected chi connectivity index (χ2v) is 6.11. The summed E-state index contributed by atoms with van der Waals surface area (Å²) < 4.78 is 13.7. The first kappa shape index (κ1) is 18.4. The zero-order valence-corrected chi connectivity index (χ0v) is 14.5. The third-order valence-corrected chi connectivity index (χ3v) is 4.32. The predicted molar refractivity (Wildman–Crippen MR) is 95.5 cm³/mol. The Morgan fingerprint density at radius 2 is 1.96 bits per heavy atom. The number of carbonyl (C=O) groups excluding carboxylic acids is 1. The highest BCUT2D eigenvalue weighted by atomic mass is 35.5. The Balaban J connectivity index is 0.00000208. The Hall–Kier alpha value is -1.91. The van der Waals surface area contributed by atoms with Crippen molar-refractivity contribution in [1.29, 1.82) is 0 Å². The molecule has 0 aliphatic carbocycles. The lowest BCUT2D eigenvalue weighted by Crippen LogP contribution is -2.24. The third kappa shape index (κ3) is 4.34. The van der Waals surface area contributed by atoms with E-state index in [-0.39, 0.29) is 36.5 Å². The van der Waals surface area contributed by atoms with Gasteiger partial charge in [-0.15, -0.1) is 12.4 Å². The largest absolute Gasteiger partial charge is 0.352 e. The first-order valence-electron chi connectivity index (χ1n) is 7.96. The van der Waals surface area contributed by atoms with Crippen LogP contribution in [0.15, 0.2) is 42.5 Å². The molecule has 2 N–H and O–H groups in total. The highest BCUT2D eigenvalue weighted by Crippen LogP contribution is 2.22. The van der Waals surface area contributed by atoms with Crippen molar-refractivity contribution < 1.29 is 9.18 Å². The molecule has 0 spiro atoms. The molecule has 1 aliphatic rings. The molecular formula is C19H22ClFN2O. The maximum absolute atomic E-state index is 13.7. The van der Waals surface area contributed by atoms with Crippen LogP contribution in [-0.4, -0.2) is 5.91 Å². The quantitative estimate of drug-likeness (QED) is 0.865. The van der Waals surface area contributed by atoms with Gasteiger partial charge in [-0.05, 0) is 34.2 Å². The lowest BCUT2D eigenvalue weighted by atomic mass is 9.97. The standard InChI is InChI=1S/C19H21FN2O.ClH/c1-13(17-4-2-3-5-18(17)20)8-19(23)22-10-14-6-7-15-11-21-12-16(15)9-14;/h2-7,9,13,21H,8,10-12H2,1H3,(H,22,23);1H. The van der Waals surface area contributed by atoms with E-state index in [2.05, 4.69) is 22.8 Å². The Bertz CT molecular complexity index is 720. The molecule has 0 bridgehead atoms. The molecule has 0 aromatic heterocycles. The molecule has 1 atom stereocenters. The van der Waals surface area contributed by atoms with Crippen LogP contribution >= 0.6 is 12.4 Å². The molecule has 1 unspecified atom stereocenters. The fourth-order valence-corrected chi connectivity index (χ4v) is 2.99. The maximum Gasteiger partial charge on any atom is 0.220 e. The lowest BCUT2D eigenvalue weighted by molar-refractivity contribution is -0.121. The fraction of sp³-hybridized carbons (Fsp3) is 0.316. The van der Waals surface area contributed by atoms with Crippen LogP contribution in [0.1, 0.15) is 41.5 Å². The number of fused-ring (bicyclic) bond motifs is 1. The number of hydrogen-bond donors (Lipinski definition) is 2. The van der Waals surface area contributed by atoms with E-state index in [1.807, 2.05) is 13.0 Å². The van der Waals surface area contributed by atoms with Gasteiger partial charge >= 0.3 is 0 Å². The van der Waals surface area contributed by atoms with Crippen molar-refractivity contribution in [3.05, 3.63) is 70.5 Å². The van der Waals surface area contributed by atoms with E-state index in [1.165, 1.54) is 17.2 Å². The van der Waals surface area contributed by atoms with Crippen molar-refractivity contribution in [2.75, 3.05) is 0 Å². The molecule has 128 valence electrons. The highest BCUT2D eigenvalue weighted by molar-refractivity contribution is 5.85. The second-order valence-electron chi connectivity index (χ2n) is 6.11. The zero-order chi connectivity index (χ0) is 16.2. The summed E-state index contributed by atoms with van der Waals surface area (Å²) in [6.45, 7) is 4.19. The highest BCUT2D eigenvalue weighted by Gasteiger charge is 2.15. The molecule has 1 aliphatic heterocycles. The van der Waals surface area contributed by atoms with Crippen molar-refractivity contribution in [2.45, 2.75) is 38.9 Å². The van der Waals surface area contributed by atoms with Crippen molar-refractivity contribution in [1.82, 2.24) is 10.6 Å². The van der Waals surface area contributed by atoms with E-state index in [9.17, 15) is 9.18 Å². The molecule has 5 heteroatoms. The summed E-state index contributed by atoms with van der Waals surface area (Å²) >= 11 is 0. The Morgan fingerprint density at radius 1 is 1.21 bits per heavy atom. The third-order valence-electron chi connectivity index (χ3n) is 4.32. The summed E-state index contributed by atoms with van der Waals surface area (Å²) in [7, 11) is 0. The number of halogens is 2. The van der Waals surface area contributed by atoms with Gasteiger partial charge in [-0.1, -0.05) is 43.3 Å². The van der Waals surface area contributed by atoms with Crippen molar-refractivity contribution in [3.63, 3.8) is 0 Å². The molecule has 1 amide bonds. The van der Waals surface area contributed by atoms with Gasteiger partial charge in [-0.25, -0.2) is 4.39 Å². The van der Waals surface area contributed by atoms with Gasteiger partial charge in [0, 0.05) is 26.1 Å². The van der Waals surface area contributed by atoms with Gasteiger partial charge in [-0.2, -0.15) is 0 Å². The molecule has 3 nitrogen and oxygen atoms in total. The summed E-state index contributed by atoms with van der Waals surface area (Å²) in [4.78, 5) is 12.1. The first-order valence-corrected chi connectivity index (χ1v) is 7.96. The summed E-state index contributed by atoms with van der Waals surface area (Å²) in [5.41, 5.74) is 4.32. The van der Waals surface area contributed by atoms with Gasteiger partial charge in [0.1, 0.15) is 5.82 Å². The van der Waals surface area contributed by atoms with Crippen LogP contribution in [0.25, 0.3) is 0 Å². The SMILES string of the molecule is CC(CC(=O)NCc1ccc2c(c1)CNC2)c1ccccc1F.Cl. The average molecular weight is 349 g/mol. The summed E-state index contributed by atoms with van der Waals surface area (Å²) in [6, 6.07) is 12.9. The monoisotopic (exact) mass is 348 g/mol. The van der Waals surface area contributed by atoms with E-state index in [1.54, 1.807) is 18.2 Å². The lowest BCUT2D eigenvalue weighted by Gasteiger charge is -2.13. The number of carbonyl (C=O) groups is 1. The van der Waals surface area contributed by atoms with E-state index in [0.29, 0.717) is 12.1 Å². The molecule has 24 heavy (non-hydrogen) atoms. The van der Waals surface area contributed by atoms with Crippen LogP contribution in [0.5, 0.6) is 0 Å². The number of nitrogens with one attached hydrogen (secondary N) is 2. The number of benzene rings is 2. The molecule has 0 radical (unpaired) electrons. The Labute approximate surface area is 148 Å². The number of hydrogen-bond acceptors (Lipinski definition) is 2. The molecule has 3 rings (SSSR count). The van der Waals surface area contributed by atoms with Crippen molar-refractivity contribution in [2.24, 2.45) is 0 Å². The minimum atomic E-state index is -0.251. The molecule has 0 saturated heterocycles. The second kappa shape index (κ2) is 8.27. The van der Waals surface area contributed by atoms with Gasteiger partial charge in [-0.3, -0.25) is 4.79 Å². The van der Waals surface area contributed by atoms with Gasteiger partial charge in [0.05, 0.1) is 0 Å². The molecule has 2 aromatic carbocycles. The normalized spacial score (nSPS) is 13.8. The zero-order valence-electron chi connectivity index (χ0n) is 13.6. The average Bonchev–Trinajstić information content (AvgIpc) is 3.01. The number of amides is 1. The smallest absolute Gasteiger partial charge is 0.220 e. The van der Waals surface area contributed by atoms with Gasteiger partial charge in [0.25, 0.3) is 0 Å². The maximum atomic E-state index is 13.7. The number of rotatable bonds is 5. The van der Waals surface area contributed by atoms with Crippen LogP contribution in [0.2, 0.25) is 0 Å². The molecule has 1 heterocycles. The molecular weight excluding hydrogens is 327 g/mol. The Morgan fingerprint density at radius 3 is 2.75 bits per heavy atom. The van der Waals surface area contributed by atoms with Crippen LogP contribution in [0.4, 0.5) is 4.39 Å². The van der Waals surface area contributed by atoms with Crippen LogP contribution in [-0.2, 0) is 24.4 Å². The minimum absolute atomic E-state index is 0. The molecule has 0 fully saturated rings. The predicted octanol–water partition coefficient (Wildman–Crippen LogP) is 3.66. The van der Waals surface area contributed by atoms with E-state index < -0.39 is 0 Å². The topological polar surface area (TPSA) is 41.1 Å². The van der Waals surface area contributed by atoms with Crippen LogP contribution in [0, 0.1) is 5.82 Å². The molecule has 0 saturated carbocycles. The summed E-state index contributed by atoms with van der Waals surface area (Å²) in [5.74, 6) is -0.446. The Kier molecular flexibility index (Phi) is 6.35. The van der Waals surface area contributed by atoms with Gasteiger partial charge < -0.3 is 10.6 Å². The van der Waals surface area contributed by atoms with Crippen molar-refractivity contribution in [3.8, 4) is 0 Å². The fourth-order valence-electron chi connectivity index (χ4n) is 2.99. The van der Waals surface area contributed by atoms with E-state index in [4.69, 9.17) is 0 Å². The van der Waals surface area contributed by atoms with Crippen LogP contribution < -0.4 is 10.6 Å². The van der Waals surface area contributed by atoms with E-state index >= 15 is 0 Å². The minimum Gasteiger partial charge on any atom is -0.352 e. The molecule has 2 aromatic rings. The first-order chi connectivity index (χ1) is 11.1. The van der Waals surface area contributed by atoms with Crippen LogP contribution in [0.3, 0.4) is 0 Å². The van der Waals surface area contributed by atoms with Gasteiger partial charge in [0.2, 0.25) is 5.91 Å². The summed E-state index contributed by atoms with van der Waals surface area (Å²) in [6.07, 6.45) is 0.285. The van der Waals surface area contributed by atoms with E-state index in [0.717, 1.165) is 18.7 Å². The van der Waals surface area contributed by atoms with Gasteiger partial charge in [0.15, 0.2) is 0 Å². The summed E-state index contributed by atoms with van der Waals surface area (Å²) in [5, 5.41) is 6.23. The van der Waals surface area contributed by atoms with Crippen molar-refractivity contribution >= 4 is 18.3 Å².